The highest BCUT2D eigenvalue weighted by Gasteiger charge is 2.47. The van der Waals surface area contributed by atoms with Crippen LogP contribution in [-0.4, -0.2) is 48.2 Å². The Labute approximate surface area is 176 Å². The summed E-state index contributed by atoms with van der Waals surface area (Å²) in [6.07, 6.45) is 3.78. The Morgan fingerprint density at radius 2 is 1.67 bits per heavy atom. The second kappa shape index (κ2) is 8.46. The van der Waals surface area contributed by atoms with E-state index in [0.717, 1.165) is 47.8 Å². The number of imide groups is 1. The second-order valence-electron chi connectivity index (χ2n) is 8.37. The van der Waals surface area contributed by atoms with Gasteiger partial charge in [0, 0.05) is 26.6 Å². The minimum absolute atomic E-state index is 0.0692. The largest absolute Gasteiger partial charge is 0.497 e. The molecular weight excluding hydrogens is 380 g/mol. The van der Waals surface area contributed by atoms with Gasteiger partial charge in [-0.1, -0.05) is 31.0 Å². The van der Waals surface area contributed by atoms with Gasteiger partial charge < -0.3 is 9.64 Å². The number of hydrogen-bond donors (Lipinski definition) is 0. The van der Waals surface area contributed by atoms with Crippen LogP contribution in [0.15, 0.2) is 36.4 Å². The summed E-state index contributed by atoms with van der Waals surface area (Å²) in [6.45, 7) is 0.666. The van der Waals surface area contributed by atoms with Crippen LogP contribution < -0.4 is 4.74 Å². The molecule has 2 atom stereocenters. The lowest BCUT2D eigenvalue weighted by Crippen LogP contribution is -2.36. The standard InChI is InChI=1S/C24H28N2O4/c1-25(15-16-7-8-18-14-19(30-2)10-9-17(18)13-16)22(27)11-12-26-23(28)20-5-3-4-6-21(20)24(26)29/h7-10,13-14,20-21H,3-6,11-12,15H2,1-2H3/t20-,21-/m0/s1. The first kappa shape index (κ1) is 20.4. The molecule has 1 aliphatic carbocycles. The van der Waals surface area contributed by atoms with Crippen molar-refractivity contribution in [1.29, 1.82) is 0 Å². The van der Waals surface area contributed by atoms with Gasteiger partial charge in [-0.25, -0.2) is 0 Å². The third-order valence-corrected chi connectivity index (χ3v) is 6.44. The van der Waals surface area contributed by atoms with E-state index in [-0.39, 0.29) is 42.5 Å². The minimum atomic E-state index is -0.157. The highest BCUT2D eigenvalue weighted by atomic mass is 16.5. The van der Waals surface area contributed by atoms with E-state index < -0.39 is 0 Å². The van der Waals surface area contributed by atoms with Gasteiger partial charge in [0.1, 0.15) is 5.75 Å². The fraction of sp³-hybridized carbons (Fsp3) is 0.458. The van der Waals surface area contributed by atoms with Crippen molar-refractivity contribution < 1.29 is 19.1 Å². The number of hydrogen-bond acceptors (Lipinski definition) is 4. The van der Waals surface area contributed by atoms with Crippen molar-refractivity contribution in [2.45, 2.75) is 38.6 Å². The summed E-state index contributed by atoms with van der Waals surface area (Å²) in [5.41, 5.74) is 1.03. The number of rotatable bonds is 6. The van der Waals surface area contributed by atoms with Crippen LogP contribution in [0.25, 0.3) is 10.8 Å². The van der Waals surface area contributed by atoms with Gasteiger partial charge in [-0.15, -0.1) is 0 Å². The summed E-state index contributed by atoms with van der Waals surface area (Å²) in [5, 5.41) is 2.17. The number of carbonyl (C=O) groups is 3. The fourth-order valence-corrected chi connectivity index (χ4v) is 4.71. The van der Waals surface area contributed by atoms with Crippen LogP contribution in [0, 0.1) is 11.8 Å². The highest BCUT2D eigenvalue weighted by molar-refractivity contribution is 6.05. The molecule has 6 nitrogen and oxygen atoms in total. The third-order valence-electron chi connectivity index (χ3n) is 6.44. The van der Waals surface area contributed by atoms with Gasteiger partial charge >= 0.3 is 0 Å². The van der Waals surface area contributed by atoms with Crippen LogP contribution in [0.5, 0.6) is 5.75 Å². The predicted molar refractivity (Wildman–Crippen MR) is 114 cm³/mol. The molecule has 1 aliphatic heterocycles. The van der Waals surface area contributed by atoms with Crippen LogP contribution >= 0.6 is 0 Å². The Morgan fingerprint density at radius 3 is 2.33 bits per heavy atom. The van der Waals surface area contributed by atoms with Crippen LogP contribution in [0.1, 0.15) is 37.7 Å². The molecule has 0 aromatic heterocycles. The van der Waals surface area contributed by atoms with E-state index >= 15 is 0 Å². The van der Waals surface area contributed by atoms with Crippen molar-refractivity contribution in [2.75, 3.05) is 20.7 Å². The van der Waals surface area contributed by atoms with Gasteiger partial charge in [-0.3, -0.25) is 19.3 Å². The van der Waals surface area contributed by atoms with E-state index in [1.807, 2.05) is 30.3 Å². The molecule has 1 saturated carbocycles. The first-order chi connectivity index (χ1) is 14.5. The zero-order valence-electron chi connectivity index (χ0n) is 17.6. The zero-order chi connectivity index (χ0) is 21.3. The average molecular weight is 408 g/mol. The van der Waals surface area contributed by atoms with E-state index in [1.165, 1.54) is 4.90 Å². The average Bonchev–Trinajstić information content (AvgIpc) is 3.01. The van der Waals surface area contributed by atoms with Gasteiger partial charge in [0.25, 0.3) is 0 Å². The summed E-state index contributed by atoms with van der Waals surface area (Å²) in [4.78, 5) is 40.8. The van der Waals surface area contributed by atoms with Crippen LogP contribution in [-0.2, 0) is 20.9 Å². The summed E-state index contributed by atoms with van der Waals surface area (Å²) < 4.78 is 5.26. The lowest BCUT2D eigenvalue weighted by Gasteiger charge is -2.20. The molecule has 1 saturated heterocycles. The van der Waals surface area contributed by atoms with E-state index in [9.17, 15) is 14.4 Å². The molecule has 158 valence electrons. The third kappa shape index (κ3) is 3.91. The molecule has 0 radical (unpaired) electrons. The van der Waals surface area contributed by atoms with E-state index in [4.69, 9.17) is 4.74 Å². The SMILES string of the molecule is COc1ccc2cc(CN(C)C(=O)CCN3C(=O)[C@H]4CCCC[C@@H]4C3=O)ccc2c1. The van der Waals surface area contributed by atoms with Crippen molar-refractivity contribution in [3.05, 3.63) is 42.0 Å². The molecule has 2 aromatic rings. The first-order valence-corrected chi connectivity index (χ1v) is 10.6. The molecule has 6 heteroatoms. The highest BCUT2D eigenvalue weighted by Crippen LogP contribution is 2.38. The molecule has 0 spiro atoms. The Balaban J connectivity index is 1.35. The molecule has 2 fully saturated rings. The Bertz CT molecular complexity index is 962. The molecule has 0 N–H and O–H groups in total. The van der Waals surface area contributed by atoms with Crippen molar-refractivity contribution >= 4 is 28.5 Å². The van der Waals surface area contributed by atoms with Gasteiger partial charge in [0.05, 0.1) is 18.9 Å². The van der Waals surface area contributed by atoms with E-state index in [2.05, 4.69) is 6.07 Å². The van der Waals surface area contributed by atoms with Crippen LogP contribution in [0.2, 0.25) is 0 Å². The minimum Gasteiger partial charge on any atom is -0.497 e. The van der Waals surface area contributed by atoms with Gasteiger partial charge in [0.15, 0.2) is 0 Å². The summed E-state index contributed by atoms with van der Waals surface area (Å²) in [5.74, 6) is 0.273. The molecule has 2 aromatic carbocycles. The normalized spacial score (nSPS) is 21.1. The zero-order valence-corrected chi connectivity index (χ0v) is 17.6. The molecular formula is C24H28N2O4. The summed E-state index contributed by atoms with van der Waals surface area (Å²) in [7, 11) is 3.40. The molecule has 1 heterocycles. The number of carbonyl (C=O) groups excluding carboxylic acids is 3. The molecule has 3 amide bonds. The van der Waals surface area contributed by atoms with Gasteiger partial charge in [-0.2, -0.15) is 0 Å². The maximum absolute atomic E-state index is 12.6. The lowest BCUT2D eigenvalue weighted by atomic mass is 9.81. The maximum atomic E-state index is 12.6. The molecule has 0 unspecified atom stereocenters. The predicted octanol–water partition coefficient (Wildman–Crippen LogP) is 3.37. The van der Waals surface area contributed by atoms with Gasteiger partial charge in [-0.05, 0) is 47.4 Å². The van der Waals surface area contributed by atoms with Crippen LogP contribution in [0.4, 0.5) is 0 Å². The molecule has 0 bridgehead atoms. The Hall–Kier alpha value is -2.89. The molecule has 4 rings (SSSR count). The van der Waals surface area contributed by atoms with Crippen molar-refractivity contribution in [1.82, 2.24) is 9.80 Å². The quantitative estimate of drug-likeness (QED) is 0.688. The fourth-order valence-electron chi connectivity index (χ4n) is 4.71. The smallest absolute Gasteiger partial charge is 0.233 e. The topological polar surface area (TPSA) is 66.9 Å². The van der Waals surface area contributed by atoms with Crippen LogP contribution in [0.3, 0.4) is 0 Å². The van der Waals surface area contributed by atoms with Crippen molar-refractivity contribution in [3.63, 3.8) is 0 Å². The number of amides is 3. The van der Waals surface area contributed by atoms with Crippen molar-refractivity contribution in [3.8, 4) is 5.75 Å². The van der Waals surface area contributed by atoms with E-state index in [1.54, 1.807) is 19.1 Å². The second-order valence-corrected chi connectivity index (χ2v) is 8.37. The lowest BCUT2D eigenvalue weighted by molar-refractivity contribution is -0.140. The monoisotopic (exact) mass is 408 g/mol. The Morgan fingerprint density at radius 1 is 1.03 bits per heavy atom. The van der Waals surface area contributed by atoms with Gasteiger partial charge in [0.2, 0.25) is 17.7 Å². The number of likely N-dealkylation sites (tertiary alicyclic amines) is 1. The number of ether oxygens (including phenoxy) is 1. The molecule has 30 heavy (non-hydrogen) atoms. The van der Waals surface area contributed by atoms with Crippen molar-refractivity contribution in [2.24, 2.45) is 11.8 Å². The first-order valence-electron chi connectivity index (χ1n) is 10.6. The number of methoxy groups -OCH3 is 1. The van der Waals surface area contributed by atoms with E-state index in [0.29, 0.717) is 6.54 Å². The maximum Gasteiger partial charge on any atom is 0.233 e. The number of fused-ring (bicyclic) bond motifs is 2. The summed E-state index contributed by atoms with van der Waals surface area (Å²) >= 11 is 0. The number of benzene rings is 2. The molecule has 2 aliphatic rings. The number of nitrogens with zero attached hydrogens (tertiary/aromatic N) is 2. The summed E-state index contributed by atoms with van der Waals surface area (Å²) in [6, 6.07) is 12.0. The Kier molecular flexibility index (Phi) is 5.75.